The minimum absolute atomic E-state index is 0.0101. The number of alkyl carbamates (subject to hydrolysis) is 1. The van der Waals surface area contributed by atoms with E-state index in [-0.39, 0.29) is 26.1 Å². The van der Waals surface area contributed by atoms with Gasteiger partial charge in [0.1, 0.15) is 6.61 Å². The number of carbonyl (C=O) groups excluding carboxylic acids is 3. The molecule has 35 heavy (non-hydrogen) atoms. The van der Waals surface area contributed by atoms with Crippen molar-refractivity contribution in [3.05, 3.63) is 71.3 Å². The van der Waals surface area contributed by atoms with Crippen molar-refractivity contribution in [1.29, 1.82) is 0 Å². The summed E-state index contributed by atoms with van der Waals surface area (Å²) in [6, 6.07) is 15.2. The van der Waals surface area contributed by atoms with E-state index >= 15 is 0 Å². The topological polar surface area (TPSA) is 116 Å². The van der Waals surface area contributed by atoms with Crippen LogP contribution in [0.25, 0.3) is 0 Å². The molecule has 4 amide bonds. The van der Waals surface area contributed by atoms with Gasteiger partial charge in [-0.3, -0.25) is 19.4 Å². The van der Waals surface area contributed by atoms with E-state index in [0.717, 1.165) is 10.5 Å². The number of amides is 4. The first-order valence-electron chi connectivity index (χ1n) is 11.5. The van der Waals surface area contributed by atoms with Gasteiger partial charge in [-0.15, -0.1) is 0 Å². The molecule has 0 spiro atoms. The summed E-state index contributed by atoms with van der Waals surface area (Å²) < 4.78 is 5.31. The molecule has 4 rings (SSSR count). The Morgan fingerprint density at radius 1 is 1.03 bits per heavy atom. The summed E-state index contributed by atoms with van der Waals surface area (Å²) in [5.74, 6) is -0.892. The number of imide groups is 1. The quantitative estimate of drug-likeness (QED) is 0.631. The number of benzene rings is 2. The molecule has 2 N–H and O–H groups in total. The van der Waals surface area contributed by atoms with E-state index in [4.69, 9.17) is 4.74 Å². The number of fused-ring (bicyclic) bond motifs is 1. The summed E-state index contributed by atoms with van der Waals surface area (Å²) in [6.07, 6.45) is -1.62. The van der Waals surface area contributed by atoms with Crippen LogP contribution in [-0.2, 0) is 11.3 Å². The summed E-state index contributed by atoms with van der Waals surface area (Å²) in [4.78, 5) is 53.4. The number of nitrogens with zero attached hydrogens (tertiary/aromatic N) is 2. The Hall–Kier alpha value is -3.88. The Kier molecular flexibility index (Phi) is 6.27. The first kappa shape index (κ1) is 24.3. The highest BCUT2D eigenvalue weighted by Gasteiger charge is 2.58. The summed E-state index contributed by atoms with van der Waals surface area (Å²) in [6.45, 7) is 5.59. The number of carboxylic acid groups (broad SMARTS) is 1. The van der Waals surface area contributed by atoms with Gasteiger partial charge in [0.2, 0.25) is 0 Å². The average molecular weight is 480 g/mol. The summed E-state index contributed by atoms with van der Waals surface area (Å²) in [7, 11) is 0. The molecular formula is C26H29N3O6. The van der Waals surface area contributed by atoms with Crippen molar-refractivity contribution >= 4 is 24.0 Å². The lowest BCUT2D eigenvalue weighted by Gasteiger charge is -2.48. The molecular weight excluding hydrogens is 450 g/mol. The normalized spacial score (nSPS) is 21.7. The number of ether oxygens (including phenoxy) is 1. The predicted molar refractivity (Wildman–Crippen MR) is 127 cm³/mol. The van der Waals surface area contributed by atoms with Gasteiger partial charge in [0.05, 0.1) is 29.3 Å². The second-order valence-corrected chi connectivity index (χ2v) is 10.0. The molecule has 9 heteroatoms. The average Bonchev–Trinajstić information content (AvgIpc) is 3.30. The van der Waals surface area contributed by atoms with E-state index in [9.17, 15) is 24.3 Å². The number of hydrogen-bond acceptors (Lipinski definition) is 5. The van der Waals surface area contributed by atoms with Gasteiger partial charge in [0.15, 0.2) is 0 Å². The van der Waals surface area contributed by atoms with Crippen LogP contribution in [0.15, 0.2) is 54.6 Å². The van der Waals surface area contributed by atoms with Crippen LogP contribution >= 0.6 is 0 Å². The van der Waals surface area contributed by atoms with Crippen LogP contribution in [0.5, 0.6) is 0 Å². The van der Waals surface area contributed by atoms with Crippen molar-refractivity contribution in [3.8, 4) is 0 Å². The minimum atomic E-state index is -1.18. The third-order valence-corrected chi connectivity index (χ3v) is 6.96. The van der Waals surface area contributed by atoms with Crippen LogP contribution in [0.1, 0.15) is 53.5 Å². The van der Waals surface area contributed by atoms with Crippen molar-refractivity contribution in [1.82, 2.24) is 15.1 Å². The number of hydrogen-bond donors (Lipinski definition) is 2. The van der Waals surface area contributed by atoms with Crippen LogP contribution < -0.4 is 5.32 Å². The lowest BCUT2D eigenvalue weighted by atomic mass is 9.71. The molecule has 0 saturated carbocycles. The van der Waals surface area contributed by atoms with Gasteiger partial charge in [-0.05, 0) is 29.5 Å². The minimum Gasteiger partial charge on any atom is -0.465 e. The van der Waals surface area contributed by atoms with Crippen LogP contribution in [-0.4, -0.2) is 63.6 Å². The zero-order valence-electron chi connectivity index (χ0n) is 20.0. The number of nitrogens with one attached hydrogen (secondary N) is 1. The fraction of sp³-hybridized carbons (Fsp3) is 0.385. The Bertz CT molecular complexity index is 1120. The summed E-state index contributed by atoms with van der Waals surface area (Å²) in [5.41, 5.74) is -0.341. The zero-order chi connectivity index (χ0) is 25.4. The highest BCUT2D eigenvalue weighted by atomic mass is 16.5. The predicted octanol–water partition coefficient (Wildman–Crippen LogP) is 3.75. The molecule has 2 heterocycles. The fourth-order valence-electron chi connectivity index (χ4n) is 5.01. The number of likely N-dealkylation sites (tertiary alicyclic amines) is 1. The van der Waals surface area contributed by atoms with Gasteiger partial charge in [-0.2, -0.15) is 0 Å². The lowest BCUT2D eigenvalue weighted by Crippen LogP contribution is -2.61. The Labute approximate surface area is 203 Å². The lowest BCUT2D eigenvalue weighted by molar-refractivity contribution is 0.00661. The molecule has 0 unspecified atom stereocenters. The zero-order valence-corrected chi connectivity index (χ0v) is 20.0. The third-order valence-electron chi connectivity index (χ3n) is 6.96. The van der Waals surface area contributed by atoms with E-state index in [2.05, 4.69) is 5.32 Å². The summed E-state index contributed by atoms with van der Waals surface area (Å²) >= 11 is 0. The Morgan fingerprint density at radius 3 is 2.14 bits per heavy atom. The van der Waals surface area contributed by atoms with Crippen molar-refractivity contribution in [3.63, 3.8) is 0 Å². The van der Waals surface area contributed by atoms with Crippen molar-refractivity contribution in [2.75, 3.05) is 13.1 Å². The van der Waals surface area contributed by atoms with Crippen molar-refractivity contribution in [2.45, 2.75) is 45.4 Å². The fourth-order valence-corrected chi connectivity index (χ4v) is 5.01. The van der Waals surface area contributed by atoms with Gasteiger partial charge in [-0.1, -0.05) is 63.2 Å². The molecule has 2 aliphatic heterocycles. The maximum absolute atomic E-state index is 13.1. The third kappa shape index (κ3) is 4.45. The van der Waals surface area contributed by atoms with Gasteiger partial charge < -0.3 is 15.2 Å². The SMILES string of the molecule is CC(C)(C)[C@]1(CN2C(=O)c3ccccc3C2=O)C[C@@H](NC(=O)OCc2ccccc2)CN1C(=O)O. The molecule has 2 atom stereocenters. The molecule has 0 aromatic heterocycles. The van der Waals surface area contributed by atoms with Gasteiger partial charge >= 0.3 is 12.2 Å². The molecule has 184 valence electrons. The van der Waals surface area contributed by atoms with E-state index in [0.29, 0.717) is 11.1 Å². The number of carbonyl (C=O) groups is 4. The molecule has 1 fully saturated rings. The summed E-state index contributed by atoms with van der Waals surface area (Å²) in [5, 5.41) is 12.9. The molecule has 9 nitrogen and oxygen atoms in total. The van der Waals surface area contributed by atoms with E-state index in [1.807, 2.05) is 51.1 Å². The second-order valence-electron chi connectivity index (χ2n) is 10.0. The molecule has 0 bridgehead atoms. The standard InChI is InChI=1S/C26H29N3O6/c1-25(2,3)26(16-28-21(30)19-11-7-8-12-20(19)22(28)31)13-18(14-29(26)24(33)34)27-23(32)35-15-17-9-5-4-6-10-17/h4-12,18H,13-16H2,1-3H3,(H,27,32)(H,33,34)/t18-,26-/m1/s1. The maximum atomic E-state index is 13.1. The van der Waals surface area contributed by atoms with E-state index in [1.165, 1.54) is 4.90 Å². The smallest absolute Gasteiger partial charge is 0.407 e. The van der Waals surface area contributed by atoms with Crippen LogP contribution in [0, 0.1) is 5.41 Å². The maximum Gasteiger partial charge on any atom is 0.407 e. The molecule has 0 aliphatic carbocycles. The highest BCUT2D eigenvalue weighted by molar-refractivity contribution is 6.21. The second kappa shape index (κ2) is 9.05. The first-order chi connectivity index (χ1) is 16.5. The highest BCUT2D eigenvalue weighted by Crippen LogP contribution is 2.45. The molecule has 0 radical (unpaired) electrons. The Morgan fingerprint density at radius 2 is 1.60 bits per heavy atom. The molecule has 2 aliphatic rings. The molecule has 2 aromatic carbocycles. The van der Waals surface area contributed by atoms with Crippen LogP contribution in [0.3, 0.4) is 0 Å². The van der Waals surface area contributed by atoms with Crippen molar-refractivity contribution in [2.24, 2.45) is 5.41 Å². The molecule has 1 saturated heterocycles. The van der Waals surface area contributed by atoms with Gasteiger partial charge in [0, 0.05) is 6.54 Å². The molecule has 2 aromatic rings. The Balaban J connectivity index is 1.55. The van der Waals surface area contributed by atoms with Crippen LogP contribution in [0.4, 0.5) is 9.59 Å². The monoisotopic (exact) mass is 479 g/mol. The number of rotatable bonds is 5. The largest absolute Gasteiger partial charge is 0.465 e. The van der Waals surface area contributed by atoms with Gasteiger partial charge in [0.25, 0.3) is 11.8 Å². The van der Waals surface area contributed by atoms with Crippen molar-refractivity contribution < 1.29 is 29.0 Å². The van der Waals surface area contributed by atoms with Crippen LogP contribution in [0.2, 0.25) is 0 Å². The van der Waals surface area contributed by atoms with E-state index < -0.39 is 41.0 Å². The van der Waals surface area contributed by atoms with E-state index in [1.54, 1.807) is 24.3 Å². The first-order valence-corrected chi connectivity index (χ1v) is 11.5. The van der Waals surface area contributed by atoms with Gasteiger partial charge in [-0.25, -0.2) is 9.59 Å².